The number of hydrogen-bond acceptors (Lipinski definition) is 6. The average molecular weight is 679 g/mol. The summed E-state index contributed by atoms with van der Waals surface area (Å²) in [4.78, 5) is 54.0. The Labute approximate surface area is 290 Å². The number of furan rings is 1. The molecular weight excluding hydrogens is 636 g/mol. The molecule has 4 aromatic rings. The molecule has 0 unspecified atom stereocenters. The van der Waals surface area contributed by atoms with E-state index in [9.17, 15) is 19.2 Å². The number of benzene rings is 2. The lowest BCUT2D eigenvalue weighted by molar-refractivity contribution is -0.135. The fourth-order valence-corrected chi connectivity index (χ4v) is 7.57. The van der Waals surface area contributed by atoms with E-state index in [0.717, 1.165) is 60.3 Å². The van der Waals surface area contributed by atoms with Gasteiger partial charge in [-0.1, -0.05) is 37.5 Å². The molecule has 260 valence electrons. The van der Waals surface area contributed by atoms with Crippen molar-refractivity contribution in [1.82, 2.24) is 14.8 Å². The Morgan fingerprint density at radius 1 is 0.940 bits per heavy atom. The van der Waals surface area contributed by atoms with E-state index in [4.69, 9.17) is 14.3 Å². The first-order chi connectivity index (χ1) is 24.3. The van der Waals surface area contributed by atoms with E-state index in [2.05, 4.69) is 15.2 Å². The number of fused-ring (bicyclic) bond motifs is 1. The van der Waals surface area contributed by atoms with Crippen molar-refractivity contribution in [3.63, 3.8) is 0 Å². The van der Waals surface area contributed by atoms with Crippen LogP contribution in [-0.4, -0.2) is 70.1 Å². The largest absolute Gasteiger partial charge is 0.478 e. The number of aliphatic carboxylic acids is 1. The second-order valence-corrected chi connectivity index (χ2v) is 13.6. The maximum Gasteiger partial charge on any atom is 0.328 e. The lowest BCUT2D eigenvalue weighted by Gasteiger charge is -2.40. The van der Waals surface area contributed by atoms with Crippen molar-refractivity contribution in [1.29, 1.82) is 0 Å². The highest BCUT2D eigenvalue weighted by molar-refractivity contribution is 6.06. The summed E-state index contributed by atoms with van der Waals surface area (Å²) < 4.78 is 13.1. The topological polar surface area (TPSA) is 143 Å². The molecule has 2 aliphatic carbocycles. The second kappa shape index (κ2) is 14.4. The highest BCUT2D eigenvalue weighted by Gasteiger charge is 2.45. The first kappa shape index (κ1) is 33.3. The van der Waals surface area contributed by atoms with Gasteiger partial charge < -0.3 is 34.4 Å². The molecule has 3 fully saturated rings. The molecule has 11 heteroatoms. The molecule has 2 saturated carbocycles. The zero-order chi connectivity index (χ0) is 34.7. The van der Waals surface area contributed by atoms with E-state index < -0.39 is 11.5 Å². The summed E-state index contributed by atoms with van der Waals surface area (Å²) in [6.07, 6.45) is 13.3. The minimum absolute atomic E-state index is 0.00368. The molecule has 11 nitrogen and oxygen atoms in total. The fourth-order valence-electron chi connectivity index (χ4n) is 7.57. The van der Waals surface area contributed by atoms with E-state index >= 15 is 0 Å². The van der Waals surface area contributed by atoms with Gasteiger partial charge >= 0.3 is 5.97 Å². The maximum atomic E-state index is 14.0. The standard InChI is InChI=1S/C39H42N4O7/c44-33(42-18-21-49-22-19-42)24-43-32-23-28(10-13-31(32)35(27-5-2-1-3-6-27)36(43)29-15-20-50-25-29)37(47)41-39(16-4-17-39)38(48)40-30-11-7-26(8-12-30)9-14-34(45)46/h7-15,20,23,25,27H,1-6,16-19,21-22,24H2,(H,40,48)(H,41,47)(H,45,46). The van der Waals surface area contributed by atoms with Gasteiger partial charge in [-0.25, -0.2) is 4.79 Å². The Balaban J connectivity index is 1.20. The predicted octanol–water partition coefficient (Wildman–Crippen LogP) is 6.20. The minimum Gasteiger partial charge on any atom is -0.478 e. The lowest BCUT2D eigenvalue weighted by atomic mass is 9.75. The van der Waals surface area contributed by atoms with Crippen molar-refractivity contribution < 1.29 is 33.4 Å². The summed E-state index contributed by atoms with van der Waals surface area (Å²) in [7, 11) is 0. The SMILES string of the molecule is O=C(O)C=Cc1ccc(NC(=O)C2(NC(=O)c3ccc4c(C5CCCCC5)c(-c5ccoc5)n(CC(=O)N5CCOCC5)c4c3)CCC2)cc1. The van der Waals surface area contributed by atoms with Gasteiger partial charge in [0.2, 0.25) is 11.8 Å². The van der Waals surface area contributed by atoms with Crippen LogP contribution in [0.4, 0.5) is 5.69 Å². The van der Waals surface area contributed by atoms with Gasteiger partial charge in [0.05, 0.1) is 37.0 Å². The van der Waals surface area contributed by atoms with Crippen LogP contribution in [0.1, 0.15) is 78.8 Å². The van der Waals surface area contributed by atoms with Crippen LogP contribution in [-0.2, 0) is 25.7 Å². The number of amides is 3. The van der Waals surface area contributed by atoms with E-state index in [-0.39, 0.29) is 24.3 Å². The van der Waals surface area contributed by atoms with Crippen molar-refractivity contribution in [2.24, 2.45) is 0 Å². The van der Waals surface area contributed by atoms with E-state index in [1.165, 1.54) is 18.1 Å². The molecule has 2 aromatic carbocycles. The van der Waals surface area contributed by atoms with Crippen LogP contribution in [0.25, 0.3) is 28.2 Å². The minimum atomic E-state index is -1.06. The van der Waals surface area contributed by atoms with Gasteiger partial charge in [-0.05, 0) is 85.6 Å². The number of morpholine rings is 1. The molecular formula is C39H42N4O7. The van der Waals surface area contributed by atoms with E-state index in [0.29, 0.717) is 61.9 Å². The van der Waals surface area contributed by atoms with Crippen molar-refractivity contribution in [3.8, 4) is 11.3 Å². The molecule has 3 amide bonds. The third-order valence-electron chi connectivity index (χ3n) is 10.4. The van der Waals surface area contributed by atoms with Crippen LogP contribution in [0.3, 0.4) is 0 Å². The average Bonchev–Trinajstić information content (AvgIpc) is 3.76. The highest BCUT2D eigenvalue weighted by atomic mass is 16.5. The van der Waals surface area contributed by atoms with Crippen molar-refractivity contribution in [2.45, 2.75) is 69.4 Å². The number of aromatic nitrogens is 1. The van der Waals surface area contributed by atoms with Crippen LogP contribution >= 0.6 is 0 Å². The number of ether oxygens (including phenoxy) is 1. The van der Waals surface area contributed by atoms with Gasteiger partial charge in [-0.2, -0.15) is 0 Å². The second-order valence-electron chi connectivity index (χ2n) is 13.6. The van der Waals surface area contributed by atoms with E-state index in [1.54, 1.807) is 36.8 Å². The number of carboxylic acids is 1. The Morgan fingerprint density at radius 2 is 1.70 bits per heavy atom. The number of carbonyl (C=O) groups is 4. The molecule has 0 radical (unpaired) electrons. The third-order valence-corrected chi connectivity index (χ3v) is 10.4. The van der Waals surface area contributed by atoms with Gasteiger partial charge in [-0.15, -0.1) is 0 Å². The summed E-state index contributed by atoms with van der Waals surface area (Å²) in [5.74, 6) is -1.38. The van der Waals surface area contributed by atoms with Crippen LogP contribution < -0.4 is 10.6 Å². The molecule has 1 saturated heterocycles. The summed E-state index contributed by atoms with van der Waals surface area (Å²) in [6, 6.07) is 14.5. The first-order valence-electron chi connectivity index (χ1n) is 17.5. The normalized spacial score (nSPS) is 17.8. The number of carboxylic acid groups (broad SMARTS) is 1. The highest BCUT2D eigenvalue weighted by Crippen LogP contribution is 2.44. The van der Waals surface area contributed by atoms with Gasteiger partial charge in [0.1, 0.15) is 12.1 Å². The lowest BCUT2D eigenvalue weighted by Crippen LogP contribution is -2.61. The molecule has 50 heavy (non-hydrogen) atoms. The molecule has 3 heterocycles. The molecule has 0 spiro atoms. The molecule has 2 aromatic heterocycles. The summed E-state index contributed by atoms with van der Waals surface area (Å²) >= 11 is 0. The number of hydrogen-bond donors (Lipinski definition) is 3. The molecule has 0 atom stereocenters. The number of anilines is 1. The Hall–Kier alpha value is -5.16. The monoisotopic (exact) mass is 678 g/mol. The van der Waals surface area contributed by atoms with Crippen LogP contribution in [0, 0.1) is 0 Å². The first-order valence-corrected chi connectivity index (χ1v) is 17.5. The predicted molar refractivity (Wildman–Crippen MR) is 189 cm³/mol. The number of nitrogens with zero attached hydrogens (tertiary/aromatic N) is 2. The quantitative estimate of drug-likeness (QED) is 0.170. The van der Waals surface area contributed by atoms with Crippen LogP contribution in [0.15, 0.2) is 71.6 Å². The smallest absolute Gasteiger partial charge is 0.328 e. The molecule has 1 aliphatic heterocycles. The molecule has 0 bridgehead atoms. The summed E-state index contributed by atoms with van der Waals surface area (Å²) in [5.41, 5.74) is 4.45. The van der Waals surface area contributed by atoms with Crippen molar-refractivity contribution in [3.05, 3.63) is 83.8 Å². The van der Waals surface area contributed by atoms with Crippen molar-refractivity contribution >= 4 is 46.4 Å². The Morgan fingerprint density at radius 3 is 2.36 bits per heavy atom. The van der Waals surface area contributed by atoms with Gasteiger partial charge in [0.15, 0.2) is 0 Å². The number of nitrogens with one attached hydrogen (secondary N) is 2. The van der Waals surface area contributed by atoms with E-state index in [1.807, 2.05) is 29.2 Å². The number of carbonyl (C=O) groups excluding carboxylic acids is 3. The summed E-state index contributed by atoms with van der Waals surface area (Å²) in [5, 5.41) is 15.9. The van der Waals surface area contributed by atoms with Gasteiger partial charge in [-0.3, -0.25) is 14.4 Å². The molecule has 3 aliphatic rings. The zero-order valence-corrected chi connectivity index (χ0v) is 28.0. The van der Waals surface area contributed by atoms with Crippen molar-refractivity contribution in [2.75, 3.05) is 31.6 Å². The number of rotatable bonds is 10. The Kier molecular flexibility index (Phi) is 9.58. The fraction of sp³-hybridized carbons (Fsp3) is 0.385. The zero-order valence-electron chi connectivity index (χ0n) is 28.0. The summed E-state index contributed by atoms with van der Waals surface area (Å²) in [6.45, 7) is 2.22. The van der Waals surface area contributed by atoms with Crippen LogP contribution in [0.5, 0.6) is 0 Å². The van der Waals surface area contributed by atoms with Crippen LogP contribution in [0.2, 0.25) is 0 Å². The molecule has 3 N–H and O–H groups in total. The Bertz CT molecular complexity index is 1910. The van der Waals surface area contributed by atoms with Gasteiger partial charge in [0.25, 0.3) is 5.91 Å². The van der Waals surface area contributed by atoms with Gasteiger partial charge in [0, 0.05) is 41.4 Å². The maximum absolute atomic E-state index is 14.0. The third kappa shape index (κ3) is 6.82. The molecule has 7 rings (SSSR count).